The van der Waals surface area contributed by atoms with Gasteiger partial charge in [0.25, 0.3) is 20.0 Å². The smallest absolute Gasteiger partial charge is 0.255 e. The molecule has 0 saturated carbocycles. The topological polar surface area (TPSA) is 106 Å². The molecule has 2 aromatic rings. The number of benzene rings is 2. The van der Waals surface area contributed by atoms with Gasteiger partial charge in [-0.05, 0) is 36.8 Å². The van der Waals surface area contributed by atoms with Crippen LogP contribution in [0.15, 0.2) is 58.3 Å². The molecule has 0 amide bonds. The molecule has 6 nitrogen and oxygen atoms in total. The molecule has 0 bridgehead atoms. The summed E-state index contributed by atoms with van der Waals surface area (Å²) in [6.45, 7) is 1.71. The summed E-state index contributed by atoms with van der Waals surface area (Å²) in [6, 6.07) is 11.6. The van der Waals surface area contributed by atoms with E-state index >= 15 is 0 Å². The summed E-state index contributed by atoms with van der Waals surface area (Å²) >= 11 is 0. The van der Waals surface area contributed by atoms with Crippen molar-refractivity contribution in [2.24, 2.45) is 0 Å². The molecule has 0 radical (unpaired) electrons. The Labute approximate surface area is 123 Å². The first kappa shape index (κ1) is 15.5. The van der Waals surface area contributed by atoms with Gasteiger partial charge in [-0.25, -0.2) is 16.8 Å². The van der Waals surface area contributed by atoms with Crippen LogP contribution in [0.1, 0.15) is 5.56 Å². The Morgan fingerprint density at radius 3 is 2.19 bits per heavy atom. The van der Waals surface area contributed by atoms with Crippen LogP contribution in [0.25, 0.3) is 0 Å². The SMILES string of the molecule is Cc1cccc(S(=O)(=O)NS(=O)(=O)c2ccccc2N)c1. The standard InChI is InChI=1S/C13H14N2O4S2/c1-10-5-4-6-11(9-10)20(16,17)15-21(18,19)13-8-3-2-7-12(13)14/h2-9,15H,14H2,1H3. The van der Waals surface area contributed by atoms with Crippen LogP contribution in [0.3, 0.4) is 0 Å². The van der Waals surface area contributed by atoms with Gasteiger partial charge in [0.1, 0.15) is 4.90 Å². The minimum atomic E-state index is -4.27. The van der Waals surface area contributed by atoms with Gasteiger partial charge in [-0.3, -0.25) is 0 Å². The summed E-state index contributed by atoms with van der Waals surface area (Å²) in [5.74, 6) is 0. The van der Waals surface area contributed by atoms with Crippen LogP contribution in [-0.4, -0.2) is 16.8 Å². The molecule has 0 atom stereocenters. The number of nitrogen functional groups attached to an aromatic ring is 1. The van der Waals surface area contributed by atoms with E-state index in [0.29, 0.717) is 5.56 Å². The zero-order chi connectivity index (χ0) is 15.7. The molecule has 112 valence electrons. The number of rotatable bonds is 4. The molecule has 0 spiro atoms. The molecule has 8 heteroatoms. The van der Waals surface area contributed by atoms with E-state index in [0.717, 1.165) is 0 Å². The molecule has 0 aliphatic rings. The Balaban J connectivity index is 2.43. The fourth-order valence-electron chi connectivity index (χ4n) is 1.75. The number of aryl methyl sites for hydroxylation is 1. The molecule has 0 saturated heterocycles. The average Bonchev–Trinajstić information content (AvgIpc) is 2.37. The fourth-order valence-corrected chi connectivity index (χ4v) is 4.88. The van der Waals surface area contributed by atoms with Crippen molar-refractivity contribution in [3.05, 3.63) is 54.1 Å². The first-order chi connectivity index (χ1) is 9.72. The molecule has 2 aromatic carbocycles. The van der Waals surface area contributed by atoms with E-state index < -0.39 is 20.0 Å². The van der Waals surface area contributed by atoms with Gasteiger partial charge in [0, 0.05) is 0 Å². The van der Waals surface area contributed by atoms with Crippen molar-refractivity contribution in [1.29, 1.82) is 0 Å². The highest BCUT2D eigenvalue weighted by Gasteiger charge is 2.25. The van der Waals surface area contributed by atoms with Crippen LogP contribution in [0.4, 0.5) is 5.69 Å². The van der Waals surface area contributed by atoms with E-state index in [2.05, 4.69) is 0 Å². The van der Waals surface area contributed by atoms with Crippen molar-refractivity contribution in [2.75, 3.05) is 5.73 Å². The molecule has 0 fully saturated rings. The van der Waals surface area contributed by atoms with Gasteiger partial charge in [-0.1, -0.05) is 24.3 Å². The highest BCUT2D eigenvalue weighted by atomic mass is 32.3. The molecule has 21 heavy (non-hydrogen) atoms. The molecular formula is C13H14N2O4S2. The van der Waals surface area contributed by atoms with Crippen molar-refractivity contribution >= 4 is 25.7 Å². The minimum Gasteiger partial charge on any atom is -0.398 e. The van der Waals surface area contributed by atoms with Crippen LogP contribution in [0.2, 0.25) is 0 Å². The van der Waals surface area contributed by atoms with Crippen LogP contribution >= 0.6 is 0 Å². The quantitative estimate of drug-likeness (QED) is 0.822. The first-order valence-electron chi connectivity index (χ1n) is 5.92. The van der Waals surface area contributed by atoms with Gasteiger partial charge in [-0.15, -0.1) is 4.13 Å². The molecule has 2 rings (SSSR count). The Morgan fingerprint density at radius 1 is 0.905 bits per heavy atom. The molecular weight excluding hydrogens is 312 g/mol. The number of nitrogens with two attached hydrogens (primary N) is 1. The van der Waals surface area contributed by atoms with Gasteiger partial charge in [-0.2, -0.15) is 0 Å². The maximum Gasteiger partial charge on any atom is 0.255 e. The van der Waals surface area contributed by atoms with E-state index in [4.69, 9.17) is 5.73 Å². The predicted octanol–water partition coefficient (Wildman–Crippen LogP) is 1.24. The van der Waals surface area contributed by atoms with E-state index in [1.54, 1.807) is 23.2 Å². The minimum absolute atomic E-state index is 0.0237. The van der Waals surface area contributed by atoms with Crippen molar-refractivity contribution in [1.82, 2.24) is 4.13 Å². The number of hydrogen-bond donors (Lipinski definition) is 2. The monoisotopic (exact) mass is 326 g/mol. The highest BCUT2D eigenvalue weighted by Crippen LogP contribution is 2.19. The predicted molar refractivity (Wildman–Crippen MR) is 79.5 cm³/mol. The molecule has 0 aliphatic heterocycles. The number of hydrogen-bond acceptors (Lipinski definition) is 5. The summed E-state index contributed by atoms with van der Waals surface area (Å²) < 4.78 is 50.3. The third-order valence-corrected chi connectivity index (χ3v) is 6.31. The largest absolute Gasteiger partial charge is 0.398 e. The van der Waals surface area contributed by atoms with Crippen molar-refractivity contribution < 1.29 is 16.8 Å². The number of anilines is 1. The number of para-hydroxylation sites is 1. The second kappa shape index (κ2) is 5.47. The molecule has 0 heterocycles. The Kier molecular flexibility index (Phi) is 4.04. The zero-order valence-electron chi connectivity index (χ0n) is 11.1. The van der Waals surface area contributed by atoms with E-state index in [-0.39, 0.29) is 15.5 Å². The Morgan fingerprint density at radius 2 is 1.57 bits per heavy atom. The van der Waals surface area contributed by atoms with Crippen LogP contribution in [0.5, 0.6) is 0 Å². The maximum absolute atomic E-state index is 12.2. The zero-order valence-corrected chi connectivity index (χ0v) is 12.8. The lowest BCUT2D eigenvalue weighted by Gasteiger charge is -2.10. The van der Waals surface area contributed by atoms with Crippen molar-refractivity contribution in [3.63, 3.8) is 0 Å². The second-order valence-corrected chi connectivity index (χ2v) is 8.04. The van der Waals surface area contributed by atoms with Gasteiger partial charge < -0.3 is 5.73 Å². The average molecular weight is 326 g/mol. The number of sulfonamides is 2. The van der Waals surface area contributed by atoms with Gasteiger partial charge in [0.2, 0.25) is 0 Å². The molecule has 3 N–H and O–H groups in total. The maximum atomic E-state index is 12.2. The lowest BCUT2D eigenvalue weighted by atomic mass is 10.2. The Hall–Kier alpha value is -1.90. The lowest BCUT2D eigenvalue weighted by Crippen LogP contribution is -2.31. The van der Waals surface area contributed by atoms with Crippen molar-refractivity contribution in [3.8, 4) is 0 Å². The second-order valence-electron chi connectivity index (χ2n) is 4.44. The summed E-state index contributed by atoms with van der Waals surface area (Å²) in [5.41, 5.74) is 6.25. The molecule has 0 aliphatic carbocycles. The van der Waals surface area contributed by atoms with Crippen molar-refractivity contribution in [2.45, 2.75) is 16.7 Å². The Bertz CT molecular complexity index is 875. The van der Waals surface area contributed by atoms with E-state index in [1.165, 1.54) is 36.4 Å². The third-order valence-electron chi connectivity index (χ3n) is 2.73. The summed E-state index contributed by atoms with van der Waals surface area (Å²) in [7, 11) is -8.47. The lowest BCUT2D eigenvalue weighted by molar-refractivity contribution is 0.577. The van der Waals surface area contributed by atoms with Gasteiger partial charge in [0.05, 0.1) is 10.6 Å². The third kappa shape index (κ3) is 3.41. The molecule has 0 aromatic heterocycles. The van der Waals surface area contributed by atoms with Crippen LogP contribution < -0.4 is 9.86 Å². The van der Waals surface area contributed by atoms with Crippen LogP contribution in [0, 0.1) is 6.92 Å². The fraction of sp³-hybridized carbons (Fsp3) is 0.0769. The summed E-state index contributed by atoms with van der Waals surface area (Å²) in [5, 5.41) is 0. The molecule has 0 unspecified atom stereocenters. The summed E-state index contributed by atoms with van der Waals surface area (Å²) in [4.78, 5) is -0.401. The summed E-state index contributed by atoms with van der Waals surface area (Å²) in [6.07, 6.45) is 0. The van der Waals surface area contributed by atoms with E-state index in [9.17, 15) is 16.8 Å². The van der Waals surface area contributed by atoms with E-state index in [1.807, 2.05) is 0 Å². The number of nitrogens with one attached hydrogen (secondary N) is 1. The highest BCUT2D eigenvalue weighted by molar-refractivity contribution is 8.04. The van der Waals surface area contributed by atoms with Crippen LogP contribution in [-0.2, 0) is 20.0 Å². The first-order valence-corrected chi connectivity index (χ1v) is 8.89. The van der Waals surface area contributed by atoms with Gasteiger partial charge in [0.15, 0.2) is 0 Å². The normalized spacial score (nSPS) is 12.2. The van der Waals surface area contributed by atoms with Gasteiger partial charge >= 0.3 is 0 Å².